The van der Waals surface area contributed by atoms with Gasteiger partial charge in [-0.1, -0.05) is 35.9 Å². The summed E-state index contributed by atoms with van der Waals surface area (Å²) in [4.78, 5) is 29.6. The molecule has 0 saturated heterocycles. The number of methoxy groups -OCH3 is 1. The van der Waals surface area contributed by atoms with Crippen molar-refractivity contribution in [3.63, 3.8) is 0 Å². The Balaban J connectivity index is 1.82. The van der Waals surface area contributed by atoms with Crippen molar-refractivity contribution in [3.8, 4) is 0 Å². The van der Waals surface area contributed by atoms with Gasteiger partial charge in [-0.15, -0.1) is 5.10 Å². The van der Waals surface area contributed by atoms with Gasteiger partial charge in [0, 0.05) is 16.9 Å². The van der Waals surface area contributed by atoms with Gasteiger partial charge >= 0.3 is 5.97 Å². The van der Waals surface area contributed by atoms with E-state index in [2.05, 4.69) is 20.7 Å². The highest BCUT2D eigenvalue weighted by molar-refractivity contribution is 6.06. The van der Waals surface area contributed by atoms with Crippen molar-refractivity contribution in [1.82, 2.24) is 14.8 Å². The molecule has 0 fully saturated rings. The van der Waals surface area contributed by atoms with Crippen LogP contribution in [-0.2, 0) is 9.53 Å². The van der Waals surface area contributed by atoms with Crippen LogP contribution in [0.4, 0.5) is 16.0 Å². The molecule has 0 bridgehead atoms. The Bertz CT molecular complexity index is 1260. The summed E-state index contributed by atoms with van der Waals surface area (Å²) < 4.78 is 20.9. The van der Waals surface area contributed by atoms with Crippen LogP contribution < -0.4 is 10.6 Å². The third-order valence-corrected chi connectivity index (χ3v) is 5.30. The number of hydrogen-bond acceptors (Lipinski definition) is 6. The second-order valence-corrected chi connectivity index (χ2v) is 7.56. The summed E-state index contributed by atoms with van der Waals surface area (Å²) in [5, 5.41) is 10.1. The molecule has 2 aromatic carbocycles. The summed E-state index contributed by atoms with van der Waals surface area (Å²) in [5.41, 5.74) is 3.56. The van der Waals surface area contributed by atoms with Gasteiger partial charge in [0.1, 0.15) is 11.9 Å². The molecule has 2 N–H and O–H groups in total. The number of nitrogens with zero attached hydrogens (tertiary/aromatic N) is 3. The van der Waals surface area contributed by atoms with Gasteiger partial charge in [0.25, 0.3) is 11.7 Å². The highest BCUT2D eigenvalue weighted by Crippen LogP contribution is 2.37. The Morgan fingerprint density at radius 3 is 2.59 bits per heavy atom. The van der Waals surface area contributed by atoms with Gasteiger partial charge in [0.2, 0.25) is 5.95 Å². The number of anilines is 2. The fourth-order valence-electron chi connectivity index (χ4n) is 3.75. The molecule has 0 spiro atoms. The number of allylic oxidation sites excluding steroid dienone is 1. The monoisotopic (exact) mass is 435 g/mol. The van der Waals surface area contributed by atoms with Crippen LogP contribution in [0.25, 0.3) is 0 Å². The zero-order valence-electron chi connectivity index (χ0n) is 18.1. The van der Waals surface area contributed by atoms with Crippen molar-refractivity contribution in [2.75, 3.05) is 17.7 Å². The lowest BCUT2D eigenvalue weighted by Crippen LogP contribution is -2.32. The number of halogens is 1. The highest BCUT2D eigenvalue weighted by Gasteiger charge is 2.36. The maximum absolute atomic E-state index is 14.9. The minimum Gasteiger partial charge on any atom is -0.463 e. The lowest BCUT2D eigenvalue weighted by molar-refractivity contribution is -0.113. The Labute approximate surface area is 184 Å². The number of hydrogen-bond donors (Lipinski definition) is 2. The number of aromatic nitrogens is 3. The van der Waals surface area contributed by atoms with E-state index in [1.807, 2.05) is 32.0 Å². The molecule has 1 aliphatic rings. The van der Waals surface area contributed by atoms with Gasteiger partial charge in [-0.05, 0) is 38.5 Å². The van der Waals surface area contributed by atoms with E-state index in [0.29, 0.717) is 11.4 Å². The lowest BCUT2D eigenvalue weighted by Gasteiger charge is -2.29. The first-order valence-electron chi connectivity index (χ1n) is 9.95. The first-order valence-corrected chi connectivity index (χ1v) is 9.95. The zero-order chi connectivity index (χ0) is 23.0. The largest absolute Gasteiger partial charge is 0.463 e. The molecule has 1 aliphatic heterocycles. The maximum atomic E-state index is 14.9. The molecule has 164 valence electrons. The summed E-state index contributed by atoms with van der Waals surface area (Å²) in [6.07, 6.45) is 0. The van der Waals surface area contributed by atoms with Crippen LogP contribution in [0.1, 0.15) is 40.3 Å². The molecule has 9 heteroatoms. The van der Waals surface area contributed by atoms with Crippen LogP contribution in [-0.4, -0.2) is 33.8 Å². The first-order chi connectivity index (χ1) is 15.3. The Kier molecular flexibility index (Phi) is 5.48. The predicted octanol–water partition coefficient (Wildman–Crippen LogP) is 3.75. The number of aryl methyl sites for hydroxylation is 2. The number of carbonyl (C=O) groups is 2. The van der Waals surface area contributed by atoms with Gasteiger partial charge in [-0.25, -0.2) is 13.9 Å². The van der Waals surface area contributed by atoms with E-state index in [4.69, 9.17) is 4.74 Å². The van der Waals surface area contributed by atoms with Crippen molar-refractivity contribution in [1.29, 1.82) is 0 Å². The number of carbonyl (C=O) groups excluding carboxylic acids is 2. The third kappa shape index (κ3) is 3.73. The standard InChI is InChI=1S/C23H22FN5O3/c1-12-9-10-17(13(2)11-12)26-21(30)18-14(3)25-23-27-20(22(31)32-4)28-29(23)19(18)15-7-5-6-8-16(15)24/h5-11,19H,1-4H3,(H,26,30)(H,25,27,28)/t19-/m0/s1. The predicted molar refractivity (Wildman–Crippen MR) is 117 cm³/mol. The molecule has 1 aromatic heterocycles. The summed E-state index contributed by atoms with van der Waals surface area (Å²) in [6, 6.07) is 10.9. The third-order valence-electron chi connectivity index (χ3n) is 5.30. The fraction of sp³-hybridized carbons (Fsp3) is 0.217. The minimum absolute atomic E-state index is 0.194. The first kappa shape index (κ1) is 21.2. The van der Waals surface area contributed by atoms with E-state index in [9.17, 15) is 14.0 Å². The summed E-state index contributed by atoms with van der Waals surface area (Å²) in [6.45, 7) is 5.56. The number of rotatable bonds is 4. The average Bonchev–Trinajstić information content (AvgIpc) is 3.18. The lowest BCUT2D eigenvalue weighted by atomic mass is 9.94. The van der Waals surface area contributed by atoms with Gasteiger partial charge in [0.05, 0.1) is 12.7 Å². The van der Waals surface area contributed by atoms with Gasteiger partial charge in [0.15, 0.2) is 0 Å². The molecular formula is C23H22FN5O3. The Morgan fingerprint density at radius 1 is 1.16 bits per heavy atom. The van der Waals surface area contributed by atoms with E-state index >= 15 is 0 Å². The molecule has 0 aliphatic carbocycles. The average molecular weight is 435 g/mol. The molecule has 1 atom stereocenters. The van der Waals surface area contributed by atoms with Crippen molar-refractivity contribution in [2.45, 2.75) is 26.8 Å². The van der Waals surface area contributed by atoms with E-state index < -0.39 is 23.7 Å². The Morgan fingerprint density at radius 2 is 1.91 bits per heavy atom. The molecule has 3 aromatic rings. The van der Waals surface area contributed by atoms with Gasteiger partial charge in [-0.3, -0.25) is 4.79 Å². The van der Waals surface area contributed by atoms with Gasteiger partial charge < -0.3 is 15.4 Å². The summed E-state index contributed by atoms with van der Waals surface area (Å²) in [5.74, 6) is -1.65. The quantitative estimate of drug-likeness (QED) is 0.606. The molecule has 2 heterocycles. The van der Waals surface area contributed by atoms with Crippen LogP contribution in [0.5, 0.6) is 0 Å². The van der Waals surface area contributed by atoms with Crippen LogP contribution in [0, 0.1) is 19.7 Å². The highest BCUT2D eigenvalue weighted by atomic mass is 19.1. The molecule has 0 unspecified atom stereocenters. The summed E-state index contributed by atoms with van der Waals surface area (Å²) in [7, 11) is 1.22. The van der Waals surface area contributed by atoms with Crippen molar-refractivity contribution in [3.05, 3.63) is 82.1 Å². The number of ether oxygens (including phenoxy) is 1. The molecular weight excluding hydrogens is 413 g/mol. The molecule has 1 amide bonds. The normalized spacial score (nSPS) is 15.1. The Hall–Kier alpha value is -4.01. The number of nitrogens with one attached hydrogen (secondary N) is 2. The van der Waals surface area contributed by atoms with E-state index in [1.165, 1.54) is 17.9 Å². The molecule has 4 rings (SSSR count). The van der Waals surface area contributed by atoms with E-state index in [1.54, 1.807) is 25.1 Å². The number of fused-ring (bicyclic) bond motifs is 1. The van der Waals surface area contributed by atoms with Gasteiger partial charge in [-0.2, -0.15) is 4.98 Å². The molecule has 8 nitrogen and oxygen atoms in total. The van der Waals surface area contributed by atoms with Crippen LogP contribution in [0.2, 0.25) is 0 Å². The number of esters is 1. The molecule has 0 radical (unpaired) electrons. The number of benzene rings is 2. The molecule has 32 heavy (non-hydrogen) atoms. The second-order valence-electron chi connectivity index (χ2n) is 7.56. The SMILES string of the molecule is COC(=O)c1nc2n(n1)[C@@H](c1ccccc1F)C(C(=O)Nc1ccc(C)cc1C)=C(C)N2. The van der Waals surface area contributed by atoms with Crippen molar-refractivity contribution in [2.24, 2.45) is 0 Å². The second kappa shape index (κ2) is 8.26. The minimum atomic E-state index is -0.941. The molecule has 0 saturated carbocycles. The smallest absolute Gasteiger partial charge is 0.378 e. The fourth-order valence-corrected chi connectivity index (χ4v) is 3.75. The van der Waals surface area contributed by atoms with Crippen molar-refractivity contribution < 1.29 is 18.7 Å². The van der Waals surface area contributed by atoms with Crippen LogP contribution >= 0.6 is 0 Å². The zero-order valence-corrected chi connectivity index (χ0v) is 18.1. The number of amides is 1. The van der Waals surface area contributed by atoms with Crippen LogP contribution in [0.15, 0.2) is 53.7 Å². The summed E-state index contributed by atoms with van der Waals surface area (Å²) >= 11 is 0. The van der Waals surface area contributed by atoms with Crippen LogP contribution in [0.3, 0.4) is 0 Å². The van der Waals surface area contributed by atoms with E-state index in [-0.39, 0.29) is 22.9 Å². The maximum Gasteiger partial charge on any atom is 0.378 e. The topological polar surface area (TPSA) is 98.1 Å². The van der Waals surface area contributed by atoms with Crippen molar-refractivity contribution >= 4 is 23.5 Å². The van der Waals surface area contributed by atoms with E-state index in [0.717, 1.165) is 11.1 Å².